The highest BCUT2D eigenvalue weighted by molar-refractivity contribution is 7.92. The number of sulfonamides is 1. The second-order valence-electron chi connectivity index (χ2n) is 4.32. The molecular formula is C13H11FN2O4S. The predicted molar refractivity (Wildman–Crippen MR) is 75.0 cm³/mol. The molecule has 0 saturated heterocycles. The first-order valence-electron chi connectivity index (χ1n) is 5.83. The van der Waals surface area contributed by atoms with Gasteiger partial charge in [0, 0.05) is 17.8 Å². The Morgan fingerprint density at radius 3 is 2.33 bits per heavy atom. The van der Waals surface area contributed by atoms with Crippen LogP contribution in [0.4, 0.5) is 15.8 Å². The summed E-state index contributed by atoms with van der Waals surface area (Å²) in [4.78, 5) is 9.87. The molecule has 8 heteroatoms. The van der Waals surface area contributed by atoms with Gasteiger partial charge in [-0.15, -0.1) is 0 Å². The number of non-ortho nitro benzene ring substituents is 1. The highest BCUT2D eigenvalue weighted by Crippen LogP contribution is 2.24. The molecular weight excluding hydrogens is 299 g/mol. The number of nitro groups is 1. The summed E-state index contributed by atoms with van der Waals surface area (Å²) in [6.07, 6.45) is 0. The third-order valence-corrected chi connectivity index (χ3v) is 4.29. The zero-order valence-electron chi connectivity index (χ0n) is 10.9. The second-order valence-corrected chi connectivity index (χ2v) is 5.97. The Balaban J connectivity index is 2.41. The molecule has 0 heterocycles. The number of benzene rings is 2. The fourth-order valence-electron chi connectivity index (χ4n) is 1.72. The van der Waals surface area contributed by atoms with Crippen molar-refractivity contribution in [1.82, 2.24) is 0 Å². The molecule has 0 spiro atoms. The van der Waals surface area contributed by atoms with E-state index in [1.807, 2.05) is 0 Å². The third-order valence-electron chi connectivity index (χ3n) is 2.77. The molecule has 21 heavy (non-hydrogen) atoms. The van der Waals surface area contributed by atoms with Crippen LogP contribution in [-0.4, -0.2) is 13.3 Å². The SMILES string of the molecule is Cc1ccc([N+](=O)[O-])cc1S(=O)(=O)Nc1ccc(F)cc1. The summed E-state index contributed by atoms with van der Waals surface area (Å²) in [7, 11) is -3.99. The molecule has 0 radical (unpaired) electrons. The molecule has 0 fully saturated rings. The molecule has 110 valence electrons. The van der Waals surface area contributed by atoms with Crippen molar-refractivity contribution in [2.75, 3.05) is 4.72 Å². The zero-order valence-corrected chi connectivity index (χ0v) is 11.7. The van der Waals surface area contributed by atoms with Gasteiger partial charge in [-0.05, 0) is 36.8 Å². The molecule has 2 aromatic rings. The normalized spacial score (nSPS) is 11.1. The lowest BCUT2D eigenvalue weighted by atomic mass is 10.2. The van der Waals surface area contributed by atoms with E-state index in [4.69, 9.17) is 0 Å². The number of nitrogens with zero attached hydrogens (tertiary/aromatic N) is 1. The molecule has 6 nitrogen and oxygen atoms in total. The van der Waals surface area contributed by atoms with Crippen molar-refractivity contribution in [3.63, 3.8) is 0 Å². The molecule has 2 rings (SSSR count). The Kier molecular flexibility index (Phi) is 3.90. The van der Waals surface area contributed by atoms with Crippen LogP contribution in [0.15, 0.2) is 47.4 Å². The number of hydrogen-bond donors (Lipinski definition) is 1. The van der Waals surface area contributed by atoms with Gasteiger partial charge in [0.05, 0.1) is 9.82 Å². The fraction of sp³-hybridized carbons (Fsp3) is 0.0769. The average molecular weight is 310 g/mol. The van der Waals surface area contributed by atoms with Crippen molar-refractivity contribution in [2.24, 2.45) is 0 Å². The van der Waals surface area contributed by atoms with Gasteiger partial charge in [-0.3, -0.25) is 14.8 Å². The molecule has 0 aliphatic heterocycles. The Morgan fingerprint density at radius 1 is 1.14 bits per heavy atom. The van der Waals surface area contributed by atoms with E-state index < -0.39 is 20.8 Å². The lowest BCUT2D eigenvalue weighted by Gasteiger charge is -2.10. The molecule has 0 amide bonds. The van der Waals surface area contributed by atoms with Crippen molar-refractivity contribution in [3.05, 3.63) is 64.0 Å². The lowest BCUT2D eigenvalue weighted by molar-refractivity contribution is -0.385. The van der Waals surface area contributed by atoms with Crippen LogP contribution in [0.2, 0.25) is 0 Å². The van der Waals surface area contributed by atoms with Gasteiger partial charge in [0.2, 0.25) is 0 Å². The number of nitrogens with one attached hydrogen (secondary N) is 1. The van der Waals surface area contributed by atoms with E-state index in [9.17, 15) is 22.9 Å². The van der Waals surface area contributed by atoms with Crippen molar-refractivity contribution in [1.29, 1.82) is 0 Å². The van der Waals surface area contributed by atoms with Gasteiger partial charge in [-0.1, -0.05) is 6.07 Å². The minimum absolute atomic E-state index is 0.169. The molecule has 0 aromatic heterocycles. The highest BCUT2D eigenvalue weighted by Gasteiger charge is 2.20. The minimum Gasteiger partial charge on any atom is -0.280 e. The van der Waals surface area contributed by atoms with Crippen LogP contribution in [0, 0.1) is 22.9 Å². The van der Waals surface area contributed by atoms with Crippen molar-refractivity contribution < 1.29 is 17.7 Å². The van der Waals surface area contributed by atoms with Gasteiger partial charge in [0.1, 0.15) is 5.82 Å². The van der Waals surface area contributed by atoms with E-state index in [0.717, 1.165) is 18.2 Å². The first-order chi connectivity index (χ1) is 9.79. The summed E-state index contributed by atoms with van der Waals surface area (Å²) in [5.41, 5.74) is 0.220. The Bertz CT molecular complexity index is 788. The van der Waals surface area contributed by atoms with Crippen LogP contribution in [0.5, 0.6) is 0 Å². The molecule has 1 N–H and O–H groups in total. The van der Waals surface area contributed by atoms with Crippen LogP contribution in [0.25, 0.3) is 0 Å². The summed E-state index contributed by atoms with van der Waals surface area (Å²) in [6, 6.07) is 8.32. The maximum absolute atomic E-state index is 12.8. The fourth-order valence-corrected chi connectivity index (χ4v) is 3.04. The van der Waals surface area contributed by atoms with Crippen LogP contribution < -0.4 is 4.72 Å². The topological polar surface area (TPSA) is 89.3 Å². The maximum Gasteiger partial charge on any atom is 0.270 e. The Labute approximate surface area is 120 Å². The minimum atomic E-state index is -3.99. The van der Waals surface area contributed by atoms with Gasteiger partial charge >= 0.3 is 0 Å². The Morgan fingerprint density at radius 2 is 1.76 bits per heavy atom. The predicted octanol–water partition coefficient (Wildman–Crippen LogP) is 2.84. The summed E-state index contributed by atoms with van der Waals surface area (Å²) < 4.78 is 39.6. The van der Waals surface area contributed by atoms with Gasteiger partial charge in [-0.25, -0.2) is 12.8 Å². The van der Waals surface area contributed by atoms with Crippen LogP contribution in [0.3, 0.4) is 0 Å². The standard InChI is InChI=1S/C13H11FN2O4S/c1-9-2-7-12(16(17)18)8-13(9)21(19,20)15-11-5-3-10(14)4-6-11/h2-8,15H,1H3. The number of rotatable bonds is 4. The van der Waals surface area contributed by atoms with Crippen molar-refractivity contribution in [2.45, 2.75) is 11.8 Å². The van der Waals surface area contributed by atoms with Crippen LogP contribution >= 0.6 is 0 Å². The van der Waals surface area contributed by atoms with Gasteiger partial charge in [0.25, 0.3) is 15.7 Å². The largest absolute Gasteiger partial charge is 0.280 e. The number of halogens is 1. The molecule has 0 aliphatic rings. The number of nitro benzene ring substituents is 1. The van der Waals surface area contributed by atoms with Crippen LogP contribution in [-0.2, 0) is 10.0 Å². The smallest absolute Gasteiger partial charge is 0.270 e. The van der Waals surface area contributed by atoms with Crippen molar-refractivity contribution in [3.8, 4) is 0 Å². The molecule has 0 bridgehead atoms. The summed E-state index contributed by atoms with van der Waals surface area (Å²) in [5, 5.41) is 10.7. The molecule has 0 saturated carbocycles. The number of aryl methyl sites for hydroxylation is 1. The van der Waals surface area contributed by atoms with Crippen LogP contribution in [0.1, 0.15) is 5.56 Å². The van der Waals surface area contributed by atoms with E-state index in [1.54, 1.807) is 0 Å². The second kappa shape index (κ2) is 5.49. The van der Waals surface area contributed by atoms with Gasteiger partial charge in [-0.2, -0.15) is 0 Å². The average Bonchev–Trinajstić information content (AvgIpc) is 2.41. The van der Waals surface area contributed by atoms with Crippen molar-refractivity contribution >= 4 is 21.4 Å². The summed E-state index contributed by atoms with van der Waals surface area (Å²) in [5.74, 6) is -0.496. The summed E-state index contributed by atoms with van der Waals surface area (Å²) in [6.45, 7) is 1.53. The van der Waals surface area contributed by atoms with E-state index in [0.29, 0.717) is 5.56 Å². The molecule has 0 atom stereocenters. The van der Waals surface area contributed by atoms with Gasteiger partial charge in [0.15, 0.2) is 0 Å². The summed E-state index contributed by atoms with van der Waals surface area (Å²) >= 11 is 0. The van der Waals surface area contributed by atoms with Gasteiger partial charge < -0.3 is 0 Å². The molecule has 0 unspecified atom stereocenters. The van der Waals surface area contributed by atoms with E-state index in [2.05, 4.69) is 4.72 Å². The number of anilines is 1. The van der Waals surface area contributed by atoms with E-state index in [-0.39, 0.29) is 16.3 Å². The number of hydrogen-bond acceptors (Lipinski definition) is 4. The molecule has 0 aliphatic carbocycles. The maximum atomic E-state index is 12.8. The third kappa shape index (κ3) is 3.34. The van der Waals surface area contributed by atoms with E-state index in [1.165, 1.54) is 31.2 Å². The molecule has 2 aromatic carbocycles. The van der Waals surface area contributed by atoms with E-state index >= 15 is 0 Å². The monoisotopic (exact) mass is 310 g/mol. The first kappa shape index (κ1) is 14.9. The highest BCUT2D eigenvalue weighted by atomic mass is 32.2. The quantitative estimate of drug-likeness (QED) is 0.694. The lowest BCUT2D eigenvalue weighted by Crippen LogP contribution is -2.14. The zero-order chi connectivity index (χ0) is 15.6. The Hall–Kier alpha value is -2.48. The first-order valence-corrected chi connectivity index (χ1v) is 7.31.